The summed E-state index contributed by atoms with van der Waals surface area (Å²) in [5.74, 6) is 0.00722. The van der Waals surface area contributed by atoms with Gasteiger partial charge in [-0.15, -0.1) is 0 Å². The number of rotatable bonds is 5. The highest BCUT2D eigenvalue weighted by Gasteiger charge is 2.33. The summed E-state index contributed by atoms with van der Waals surface area (Å²) < 4.78 is 0.641. The van der Waals surface area contributed by atoms with E-state index in [2.05, 4.69) is 58.0 Å². The Hall–Kier alpha value is -2.35. The van der Waals surface area contributed by atoms with Crippen molar-refractivity contribution in [2.24, 2.45) is 0 Å². The van der Waals surface area contributed by atoms with Gasteiger partial charge in [0.2, 0.25) is 0 Å². The van der Waals surface area contributed by atoms with Gasteiger partial charge in [-0.25, -0.2) is 0 Å². The van der Waals surface area contributed by atoms with E-state index < -0.39 is 0 Å². The number of anilines is 2. The molecule has 0 spiro atoms. The topological polar surface area (TPSA) is 30.0 Å². The van der Waals surface area contributed by atoms with Crippen LogP contribution in [0.3, 0.4) is 0 Å². The number of piperazine rings is 1. The maximum Gasteiger partial charge on any atom is 0.267 e. The van der Waals surface area contributed by atoms with E-state index in [0.29, 0.717) is 15.9 Å². The maximum atomic E-state index is 13.0. The zero-order valence-corrected chi connectivity index (χ0v) is 19.9. The molecule has 1 amide bonds. The van der Waals surface area contributed by atoms with Gasteiger partial charge in [0.15, 0.2) is 0 Å². The van der Waals surface area contributed by atoms with E-state index in [-0.39, 0.29) is 5.91 Å². The van der Waals surface area contributed by atoms with Crippen LogP contribution in [0.15, 0.2) is 53.4 Å². The van der Waals surface area contributed by atoms with Gasteiger partial charge in [0.1, 0.15) is 4.32 Å². The zero-order valence-electron chi connectivity index (χ0n) is 18.2. The lowest BCUT2D eigenvalue weighted by Crippen LogP contribution is -2.50. The van der Waals surface area contributed by atoms with Crippen LogP contribution in [0, 0.1) is 6.92 Å². The largest absolute Gasteiger partial charge is 0.378 e. The summed E-state index contributed by atoms with van der Waals surface area (Å²) in [6, 6.07) is 16.8. The van der Waals surface area contributed by atoms with Crippen LogP contribution in [0.1, 0.15) is 11.1 Å². The molecule has 2 aromatic rings. The molecule has 162 valence electrons. The first-order chi connectivity index (χ1) is 14.9. The molecule has 5 nitrogen and oxygen atoms in total. The first-order valence-electron chi connectivity index (χ1n) is 10.5. The highest BCUT2D eigenvalue weighted by molar-refractivity contribution is 8.26. The molecule has 0 unspecified atom stereocenters. The number of thioether (sulfide) groups is 1. The third kappa shape index (κ3) is 5.11. The van der Waals surface area contributed by atoms with Gasteiger partial charge in [0.05, 0.1) is 11.6 Å². The maximum absolute atomic E-state index is 13.0. The molecule has 0 bridgehead atoms. The van der Waals surface area contributed by atoms with E-state index >= 15 is 0 Å². The zero-order chi connectivity index (χ0) is 22.0. The molecule has 0 atom stereocenters. The van der Waals surface area contributed by atoms with E-state index in [1.54, 1.807) is 4.90 Å². The van der Waals surface area contributed by atoms with Crippen molar-refractivity contribution in [1.29, 1.82) is 0 Å². The van der Waals surface area contributed by atoms with Crippen molar-refractivity contribution in [3.63, 3.8) is 0 Å². The third-order valence-electron chi connectivity index (χ3n) is 5.66. The number of nitrogens with zero attached hydrogens (tertiary/aromatic N) is 4. The van der Waals surface area contributed by atoms with Crippen LogP contribution in [0.25, 0.3) is 6.08 Å². The summed E-state index contributed by atoms with van der Waals surface area (Å²) in [5.41, 5.74) is 4.70. The Bertz CT molecular complexity index is 995. The minimum atomic E-state index is 0.00722. The number of carbonyl (C=O) groups excluding carboxylic acids is 1. The summed E-state index contributed by atoms with van der Waals surface area (Å²) in [4.78, 5) is 22.2. The van der Waals surface area contributed by atoms with E-state index in [1.807, 2.05) is 32.3 Å². The van der Waals surface area contributed by atoms with Crippen molar-refractivity contribution in [3.05, 3.63) is 64.6 Å². The fourth-order valence-electron chi connectivity index (χ4n) is 3.81. The Balaban J connectivity index is 1.36. The first-order valence-corrected chi connectivity index (χ1v) is 11.7. The molecular formula is C24H28N4OS2. The molecule has 2 saturated heterocycles. The van der Waals surface area contributed by atoms with Crippen molar-refractivity contribution >= 4 is 51.7 Å². The smallest absolute Gasteiger partial charge is 0.267 e. The third-order valence-corrected chi connectivity index (χ3v) is 7.04. The summed E-state index contributed by atoms with van der Waals surface area (Å²) in [6.45, 7) is 6.41. The Kier molecular flexibility index (Phi) is 6.65. The van der Waals surface area contributed by atoms with Crippen LogP contribution in [-0.4, -0.2) is 67.0 Å². The first kappa shape index (κ1) is 21.9. The highest BCUT2D eigenvalue weighted by atomic mass is 32.2. The van der Waals surface area contributed by atoms with Crippen LogP contribution < -0.4 is 9.80 Å². The molecule has 4 rings (SSSR count). The van der Waals surface area contributed by atoms with Crippen LogP contribution in [0.2, 0.25) is 0 Å². The van der Waals surface area contributed by atoms with E-state index in [4.69, 9.17) is 12.2 Å². The minimum absolute atomic E-state index is 0.00722. The van der Waals surface area contributed by atoms with Crippen molar-refractivity contribution in [3.8, 4) is 0 Å². The minimum Gasteiger partial charge on any atom is -0.378 e. The SMILES string of the molecule is Cc1cccc(N2CCN(CN3C(=O)/C(=C\c4ccc(N(C)C)cc4)SC3=S)CC2)c1. The molecular weight excluding hydrogens is 424 g/mol. The number of hydrogen-bond acceptors (Lipinski definition) is 6. The summed E-state index contributed by atoms with van der Waals surface area (Å²) in [5, 5.41) is 0. The monoisotopic (exact) mass is 452 g/mol. The molecule has 0 N–H and O–H groups in total. The lowest BCUT2D eigenvalue weighted by atomic mass is 10.2. The number of hydrogen-bond donors (Lipinski definition) is 0. The predicted molar refractivity (Wildman–Crippen MR) is 136 cm³/mol. The van der Waals surface area contributed by atoms with Gasteiger partial charge in [-0.3, -0.25) is 14.6 Å². The van der Waals surface area contributed by atoms with Crippen molar-refractivity contribution < 1.29 is 4.79 Å². The highest BCUT2D eigenvalue weighted by Crippen LogP contribution is 2.33. The van der Waals surface area contributed by atoms with Crippen LogP contribution in [0.4, 0.5) is 11.4 Å². The molecule has 2 fully saturated rings. The number of benzene rings is 2. The average Bonchev–Trinajstić information content (AvgIpc) is 3.02. The molecule has 2 aliphatic rings. The summed E-state index contributed by atoms with van der Waals surface area (Å²) >= 11 is 6.93. The van der Waals surface area contributed by atoms with Crippen LogP contribution >= 0.6 is 24.0 Å². The summed E-state index contributed by atoms with van der Waals surface area (Å²) in [6.07, 6.45) is 1.94. The molecule has 7 heteroatoms. The molecule has 31 heavy (non-hydrogen) atoms. The molecule has 0 saturated carbocycles. The average molecular weight is 453 g/mol. The van der Waals surface area contributed by atoms with Gasteiger partial charge < -0.3 is 9.80 Å². The van der Waals surface area contributed by atoms with Gasteiger partial charge in [0.25, 0.3) is 5.91 Å². The fraction of sp³-hybridized carbons (Fsp3) is 0.333. The molecule has 0 aromatic heterocycles. The second kappa shape index (κ2) is 9.42. The standard InChI is InChI=1S/C24H28N4OS2/c1-18-5-4-6-21(15-18)27-13-11-26(12-14-27)17-28-23(29)22(31-24(28)30)16-19-7-9-20(10-8-19)25(2)3/h4-10,15-16H,11-14,17H2,1-3H3/b22-16+. The lowest BCUT2D eigenvalue weighted by Gasteiger charge is -2.37. The van der Waals surface area contributed by atoms with Crippen molar-refractivity contribution in [1.82, 2.24) is 9.80 Å². The number of aryl methyl sites for hydroxylation is 1. The van der Waals surface area contributed by atoms with Crippen LogP contribution in [-0.2, 0) is 4.79 Å². The summed E-state index contributed by atoms with van der Waals surface area (Å²) in [7, 11) is 4.03. The van der Waals surface area contributed by atoms with Crippen molar-refractivity contribution in [2.75, 3.05) is 56.7 Å². The Morgan fingerprint density at radius 3 is 2.42 bits per heavy atom. The number of carbonyl (C=O) groups is 1. The second-order valence-electron chi connectivity index (χ2n) is 8.18. The van der Waals surface area contributed by atoms with E-state index in [0.717, 1.165) is 37.4 Å². The fourth-order valence-corrected chi connectivity index (χ4v) is 5.06. The van der Waals surface area contributed by atoms with Crippen molar-refractivity contribution in [2.45, 2.75) is 6.92 Å². The Labute approximate surface area is 194 Å². The number of thiocarbonyl (C=S) groups is 1. The molecule has 0 aliphatic carbocycles. The van der Waals surface area contributed by atoms with Gasteiger partial charge >= 0.3 is 0 Å². The van der Waals surface area contributed by atoms with Crippen LogP contribution in [0.5, 0.6) is 0 Å². The van der Waals surface area contributed by atoms with Gasteiger partial charge in [-0.05, 0) is 48.4 Å². The quantitative estimate of drug-likeness (QED) is 0.503. The molecule has 0 radical (unpaired) electrons. The lowest BCUT2D eigenvalue weighted by molar-refractivity contribution is -0.123. The number of amides is 1. The van der Waals surface area contributed by atoms with Gasteiger partial charge in [0, 0.05) is 51.6 Å². The Morgan fingerprint density at radius 1 is 1.06 bits per heavy atom. The molecule has 2 aliphatic heterocycles. The van der Waals surface area contributed by atoms with Gasteiger partial charge in [-0.2, -0.15) is 0 Å². The molecule has 2 heterocycles. The predicted octanol–water partition coefficient (Wildman–Crippen LogP) is 4.04. The normalized spacial score (nSPS) is 18.9. The van der Waals surface area contributed by atoms with Gasteiger partial charge in [-0.1, -0.05) is 48.2 Å². The Morgan fingerprint density at radius 2 is 1.77 bits per heavy atom. The second-order valence-corrected chi connectivity index (χ2v) is 9.86. The molecule has 2 aromatic carbocycles. The van der Waals surface area contributed by atoms with E-state index in [1.165, 1.54) is 23.0 Å². The van der Waals surface area contributed by atoms with E-state index in [9.17, 15) is 4.79 Å².